The van der Waals surface area contributed by atoms with Crippen LogP contribution in [-0.2, 0) is 22.9 Å². The average Bonchev–Trinajstić information content (AvgIpc) is 2.32. The van der Waals surface area contributed by atoms with Crippen molar-refractivity contribution in [2.24, 2.45) is 0 Å². The lowest BCUT2D eigenvalue weighted by Gasteiger charge is -2.09. The molecule has 0 atom stereocenters. The summed E-state index contributed by atoms with van der Waals surface area (Å²) >= 11 is 5.02. The van der Waals surface area contributed by atoms with Crippen LogP contribution in [0.3, 0.4) is 0 Å². The molecule has 0 saturated carbocycles. The minimum Gasteiger partial charge on any atom is -0.338 e. The molecule has 1 aromatic rings. The Morgan fingerprint density at radius 1 is 1.53 bits per heavy atom. The van der Waals surface area contributed by atoms with Gasteiger partial charge in [-0.15, -0.1) is 0 Å². The molecule has 0 amide bonds. The van der Waals surface area contributed by atoms with Crippen LogP contribution in [0.2, 0.25) is 0 Å². The van der Waals surface area contributed by atoms with Gasteiger partial charge in [0, 0.05) is 11.8 Å². The molecule has 0 bridgehead atoms. The van der Waals surface area contributed by atoms with Gasteiger partial charge in [0.05, 0.1) is 20.3 Å². The van der Waals surface area contributed by atoms with Gasteiger partial charge in [0.1, 0.15) is 6.67 Å². The molecule has 0 spiro atoms. The zero-order valence-electron chi connectivity index (χ0n) is 9.78. The topological polar surface area (TPSA) is 80.3 Å². The summed E-state index contributed by atoms with van der Waals surface area (Å²) in [5.41, 5.74) is 5.58. The van der Waals surface area contributed by atoms with Crippen molar-refractivity contribution in [3.8, 4) is 0 Å². The molecule has 0 unspecified atom stereocenters. The van der Waals surface area contributed by atoms with Crippen LogP contribution in [0.15, 0.2) is 11.0 Å². The van der Waals surface area contributed by atoms with Crippen LogP contribution >= 0.6 is 12.2 Å². The van der Waals surface area contributed by atoms with E-state index in [9.17, 15) is 4.79 Å². The number of hydroxylamine groups is 2. The summed E-state index contributed by atoms with van der Waals surface area (Å²) in [6.45, 7) is 2.85. The Hall–Kier alpha value is -1.06. The van der Waals surface area contributed by atoms with Crippen molar-refractivity contribution in [2.45, 2.75) is 20.1 Å². The zero-order chi connectivity index (χ0) is 12.7. The molecule has 17 heavy (non-hydrogen) atoms. The van der Waals surface area contributed by atoms with Gasteiger partial charge in [-0.05, 0) is 19.1 Å². The standard InChI is InChI=1S/C9H16N4O3S/c1-3-16-12-6-13-8(14)7(5-11-15-2)4-10-9(13)17/h4,11-12H,3,5-6H2,1-2H3,(H,10,17). The van der Waals surface area contributed by atoms with E-state index >= 15 is 0 Å². The molecule has 1 heterocycles. The molecule has 7 nitrogen and oxygen atoms in total. The van der Waals surface area contributed by atoms with E-state index < -0.39 is 0 Å². The summed E-state index contributed by atoms with van der Waals surface area (Å²) in [6.07, 6.45) is 1.56. The van der Waals surface area contributed by atoms with E-state index in [2.05, 4.69) is 15.9 Å². The van der Waals surface area contributed by atoms with Gasteiger partial charge >= 0.3 is 0 Å². The Kier molecular flexibility index (Phi) is 6.01. The van der Waals surface area contributed by atoms with Crippen molar-refractivity contribution < 1.29 is 9.68 Å². The van der Waals surface area contributed by atoms with Gasteiger partial charge in [-0.3, -0.25) is 9.36 Å². The molecule has 0 aliphatic heterocycles. The van der Waals surface area contributed by atoms with E-state index in [1.165, 1.54) is 11.7 Å². The zero-order valence-corrected chi connectivity index (χ0v) is 10.6. The maximum Gasteiger partial charge on any atom is 0.260 e. The lowest BCUT2D eigenvalue weighted by Crippen LogP contribution is -2.33. The second kappa shape index (κ2) is 7.30. The van der Waals surface area contributed by atoms with Crippen molar-refractivity contribution in [2.75, 3.05) is 13.7 Å². The predicted molar refractivity (Wildman–Crippen MR) is 64.5 cm³/mol. The number of hydrogen-bond donors (Lipinski definition) is 3. The molecule has 0 aliphatic rings. The van der Waals surface area contributed by atoms with Crippen molar-refractivity contribution in [1.29, 1.82) is 0 Å². The summed E-state index contributed by atoms with van der Waals surface area (Å²) in [7, 11) is 1.49. The number of aromatic amines is 1. The van der Waals surface area contributed by atoms with Gasteiger partial charge in [0.15, 0.2) is 4.77 Å². The first kappa shape index (κ1) is 14.0. The van der Waals surface area contributed by atoms with Crippen molar-refractivity contribution in [1.82, 2.24) is 20.5 Å². The highest BCUT2D eigenvalue weighted by Gasteiger charge is 2.04. The summed E-state index contributed by atoms with van der Waals surface area (Å²) in [6, 6.07) is 0. The average molecular weight is 260 g/mol. The van der Waals surface area contributed by atoms with Crippen LogP contribution in [0.1, 0.15) is 12.5 Å². The van der Waals surface area contributed by atoms with Gasteiger partial charge in [-0.1, -0.05) is 0 Å². The molecule has 1 rings (SSSR count). The number of hydrogen-bond acceptors (Lipinski definition) is 6. The first-order chi connectivity index (χ1) is 8.20. The maximum absolute atomic E-state index is 12.0. The quantitative estimate of drug-likeness (QED) is 0.365. The SMILES string of the molecule is CCONCn1c(=S)[nH]cc(CNOC)c1=O. The largest absolute Gasteiger partial charge is 0.338 e. The van der Waals surface area contributed by atoms with Gasteiger partial charge in [-0.25, -0.2) is 0 Å². The molecule has 0 fully saturated rings. The molecule has 96 valence electrons. The van der Waals surface area contributed by atoms with Crippen LogP contribution < -0.4 is 16.5 Å². The smallest absolute Gasteiger partial charge is 0.260 e. The highest BCUT2D eigenvalue weighted by Crippen LogP contribution is 1.90. The van der Waals surface area contributed by atoms with Crippen LogP contribution in [0.25, 0.3) is 0 Å². The van der Waals surface area contributed by atoms with Crippen molar-refractivity contribution >= 4 is 12.2 Å². The fraction of sp³-hybridized carbons (Fsp3) is 0.556. The highest BCUT2D eigenvalue weighted by molar-refractivity contribution is 7.71. The van der Waals surface area contributed by atoms with Gasteiger partial charge in [0.2, 0.25) is 0 Å². The summed E-state index contributed by atoms with van der Waals surface area (Å²) < 4.78 is 1.71. The third kappa shape index (κ3) is 4.02. The summed E-state index contributed by atoms with van der Waals surface area (Å²) in [5, 5.41) is 0. The molecular weight excluding hydrogens is 244 g/mol. The van der Waals surface area contributed by atoms with Crippen LogP contribution in [0, 0.1) is 4.77 Å². The van der Waals surface area contributed by atoms with E-state index in [4.69, 9.17) is 21.9 Å². The van der Waals surface area contributed by atoms with Gasteiger partial charge < -0.3 is 14.7 Å². The van der Waals surface area contributed by atoms with E-state index in [-0.39, 0.29) is 12.2 Å². The molecule has 0 radical (unpaired) electrons. The Labute approximate surface area is 104 Å². The van der Waals surface area contributed by atoms with Crippen LogP contribution in [0.5, 0.6) is 0 Å². The Balaban J connectivity index is 2.87. The molecular formula is C9H16N4O3S. The Morgan fingerprint density at radius 2 is 2.29 bits per heavy atom. The minimum atomic E-state index is -0.189. The van der Waals surface area contributed by atoms with Crippen molar-refractivity contribution in [3.05, 3.63) is 26.9 Å². The lowest BCUT2D eigenvalue weighted by atomic mass is 10.3. The van der Waals surface area contributed by atoms with Crippen LogP contribution in [0.4, 0.5) is 0 Å². The fourth-order valence-electron chi connectivity index (χ4n) is 1.19. The van der Waals surface area contributed by atoms with Gasteiger partial charge in [-0.2, -0.15) is 11.0 Å². The number of H-pyrrole nitrogens is 1. The Bertz CT molecular complexity index is 456. The predicted octanol–water partition coefficient (Wildman–Crippen LogP) is 0.0555. The van der Waals surface area contributed by atoms with Crippen molar-refractivity contribution in [3.63, 3.8) is 0 Å². The molecule has 3 N–H and O–H groups in total. The monoisotopic (exact) mass is 260 g/mol. The van der Waals surface area contributed by atoms with Gasteiger partial charge in [0.25, 0.3) is 5.56 Å². The molecule has 0 aliphatic carbocycles. The van der Waals surface area contributed by atoms with E-state index in [0.717, 1.165) is 0 Å². The second-order valence-electron chi connectivity index (χ2n) is 3.11. The molecule has 0 aromatic carbocycles. The third-order valence-electron chi connectivity index (χ3n) is 2.01. The first-order valence-corrected chi connectivity index (χ1v) is 5.53. The normalized spacial score (nSPS) is 10.7. The highest BCUT2D eigenvalue weighted by atomic mass is 32.1. The second-order valence-corrected chi connectivity index (χ2v) is 3.50. The Morgan fingerprint density at radius 3 is 2.94 bits per heavy atom. The molecule has 8 heteroatoms. The summed E-state index contributed by atoms with van der Waals surface area (Å²) in [5.74, 6) is 0. The number of nitrogens with zero attached hydrogens (tertiary/aromatic N) is 1. The molecule has 0 saturated heterocycles. The third-order valence-corrected chi connectivity index (χ3v) is 2.35. The molecule has 1 aromatic heterocycles. The van der Waals surface area contributed by atoms with Crippen LogP contribution in [-0.4, -0.2) is 23.3 Å². The minimum absolute atomic E-state index is 0.189. The lowest BCUT2D eigenvalue weighted by molar-refractivity contribution is 0.0313. The number of rotatable bonds is 7. The van der Waals surface area contributed by atoms with E-state index in [1.54, 1.807) is 6.20 Å². The summed E-state index contributed by atoms with van der Waals surface area (Å²) in [4.78, 5) is 24.5. The van der Waals surface area contributed by atoms with E-state index in [0.29, 0.717) is 23.5 Å². The number of nitrogens with one attached hydrogen (secondary N) is 3. The first-order valence-electron chi connectivity index (χ1n) is 5.12. The number of aromatic nitrogens is 2. The maximum atomic E-state index is 12.0. The van der Waals surface area contributed by atoms with E-state index in [1.807, 2.05) is 6.92 Å². The fourth-order valence-corrected chi connectivity index (χ4v) is 1.39.